The molecular formula is C22H19FN4O. The number of nitrogens with two attached hydrogens (primary N) is 1. The van der Waals surface area contributed by atoms with E-state index in [9.17, 15) is 9.18 Å². The Bertz CT molecular complexity index is 1170. The number of fused-ring (bicyclic) bond motifs is 1. The van der Waals surface area contributed by atoms with Crippen LogP contribution in [0.1, 0.15) is 16.7 Å². The van der Waals surface area contributed by atoms with Gasteiger partial charge in [0.25, 0.3) is 0 Å². The van der Waals surface area contributed by atoms with Crippen LogP contribution in [0.3, 0.4) is 0 Å². The Morgan fingerprint density at radius 1 is 1.14 bits per heavy atom. The Balaban J connectivity index is 1.52. The number of hydrogen-bond acceptors (Lipinski definition) is 4. The molecule has 140 valence electrons. The topological polar surface area (TPSA) is 84.7 Å². The van der Waals surface area contributed by atoms with Gasteiger partial charge in [0, 0.05) is 24.6 Å². The molecule has 0 saturated heterocycles. The van der Waals surface area contributed by atoms with Crippen molar-refractivity contribution in [2.24, 2.45) is 0 Å². The second-order valence-electron chi connectivity index (χ2n) is 6.88. The summed E-state index contributed by atoms with van der Waals surface area (Å²) in [6, 6.07) is 14.3. The van der Waals surface area contributed by atoms with Crippen LogP contribution < -0.4 is 5.73 Å². The maximum absolute atomic E-state index is 13.9. The fourth-order valence-corrected chi connectivity index (χ4v) is 3.34. The third-order valence-corrected chi connectivity index (χ3v) is 4.71. The molecule has 0 aliphatic carbocycles. The Labute approximate surface area is 161 Å². The van der Waals surface area contributed by atoms with E-state index in [1.807, 2.05) is 37.3 Å². The van der Waals surface area contributed by atoms with Gasteiger partial charge in [0.15, 0.2) is 5.82 Å². The number of Topliss-reactive ketones (excluding diaryl/α,β-unsaturated/α-hetero) is 1. The minimum atomic E-state index is -0.349. The molecule has 2 heterocycles. The van der Waals surface area contributed by atoms with Gasteiger partial charge in [0.05, 0.1) is 16.6 Å². The predicted octanol–water partition coefficient (Wildman–Crippen LogP) is 4.01. The number of nitrogen functional groups attached to an aromatic ring is 1. The average Bonchev–Trinajstić information content (AvgIpc) is 3.07. The highest BCUT2D eigenvalue weighted by atomic mass is 19.1. The van der Waals surface area contributed by atoms with E-state index in [1.165, 1.54) is 6.07 Å². The second-order valence-corrected chi connectivity index (χ2v) is 6.88. The van der Waals surface area contributed by atoms with Crippen LogP contribution in [0.2, 0.25) is 0 Å². The normalized spacial score (nSPS) is 11.1. The molecule has 28 heavy (non-hydrogen) atoms. The molecule has 0 unspecified atom stereocenters. The summed E-state index contributed by atoms with van der Waals surface area (Å²) >= 11 is 0. The lowest BCUT2D eigenvalue weighted by atomic mass is 10.0. The summed E-state index contributed by atoms with van der Waals surface area (Å²) in [7, 11) is 0. The highest BCUT2D eigenvalue weighted by Crippen LogP contribution is 2.30. The van der Waals surface area contributed by atoms with Crippen molar-refractivity contribution in [3.8, 4) is 11.3 Å². The third-order valence-electron chi connectivity index (χ3n) is 4.71. The summed E-state index contributed by atoms with van der Waals surface area (Å²) in [6.45, 7) is 1.88. The van der Waals surface area contributed by atoms with Gasteiger partial charge >= 0.3 is 0 Å². The Morgan fingerprint density at radius 3 is 2.79 bits per heavy atom. The van der Waals surface area contributed by atoms with Gasteiger partial charge in [-0.05, 0) is 36.2 Å². The number of H-pyrrole nitrogens is 1. The second kappa shape index (κ2) is 7.23. The molecule has 6 heteroatoms. The van der Waals surface area contributed by atoms with E-state index in [1.54, 1.807) is 18.3 Å². The van der Waals surface area contributed by atoms with Crippen LogP contribution in [-0.2, 0) is 17.6 Å². The molecule has 0 radical (unpaired) electrons. The van der Waals surface area contributed by atoms with Gasteiger partial charge in [-0.3, -0.25) is 14.9 Å². The lowest BCUT2D eigenvalue weighted by Gasteiger charge is -2.06. The summed E-state index contributed by atoms with van der Waals surface area (Å²) in [5, 5.41) is 7.76. The fraction of sp³-hybridized carbons (Fsp3) is 0.136. The fourth-order valence-electron chi connectivity index (χ4n) is 3.34. The number of carbonyl (C=O) groups excluding carboxylic acids is 1. The summed E-state index contributed by atoms with van der Waals surface area (Å²) in [6.07, 6.45) is 1.95. The smallest absolute Gasteiger partial charge is 0.153 e. The minimum absolute atomic E-state index is 0.0553. The van der Waals surface area contributed by atoms with Crippen molar-refractivity contribution >= 4 is 22.5 Å². The molecule has 0 spiro atoms. The Morgan fingerprint density at radius 2 is 2.00 bits per heavy atom. The number of aromatic nitrogens is 3. The van der Waals surface area contributed by atoms with Crippen LogP contribution in [0.4, 0.5) is 10.2 Å². The molecule has 3 N–H and O–H groups in total. The largest absolute Gasteiger partial charge is 0.382 e. The van der Waals surface area contributed by atoms with Gasteiger partial charge in [-0.1, -0.05) is 35.9 Å². The zero-order valence-corrected chi connectivity index (χ0v) is 15.4. The van der Waals surface area contributed by atoms with Gasteiger partial charge < -0.3 is 5.73 Å². The van der Waals surface area contributed by atoms with Crippen LogP contribution in [0.25, 0.3) is 22.2 Å². The van der Waals surface area contributed by atoms with E-state index in [4.69, 9.17) is 5.73 Å². The average molecular weight is 374 g/mol. The van der Waals surface area contributed by atoms with E-state index in [2.05, 4.69) is 15.2 Å². The van der Waals surface area contributed by atoms with E-state index < -0.39 is 0 Å². The van der Waals surface area contributed by atoms with Gasteiger partial charge in [-0.25, -0.2) is 4.39 Å². The highest BCUT2D eigenvalue weighted by Gasteiger charge is 2.12. The summed E-state index contributed by atoms with van der Waals surface area (Å²) in [4.78, 5) is 16.8. The third kappa shape index (κ3) is 3.49. The maximum atomic E-state index is 13.9. The van der Waals surface area contributed by atoms with E-state index >= 15 is 0 Å². The van der Waals surface area contributed by atoms with Crippen LogP contribution >= 0.6 is 0 Å². The van der Waals surface area contributed by atoms with Gasteiger partial charge in [0.2, 0.25) is 0 Å². The van der Waals surface area contributed by atoms with Crippen molar-refractivity contribution in [3.63, 3.8) is 0 Å². The number of ketones is 1. The number of rotatable bonds is 5. The molecule has 0 atom stereocenters. The number of benzene rings is 2. The summed E-state index contributed by atoms with van der Waals surface area (Å²) in [5.41, 5.74) is 10.6. The lowest BCUT2D eigenvalue weighted by Crippen LogP contribution is -2.08. The zero-order chi connectivity index (χ0) is 19.7. The van der Waals surface area contributed by atoms with E-state index in [0.29, 0.717) is 11.4 Å². The van der Waals surface area contributed by atoms with Crippen molar-refractivity contribution in [2.45, 2.75) is 19.8 Å². The molecule has 2 aromatic heterocycles. The summed E-state index contributed by atoms with van der Waals surface area (Å²) < 4.78 is 13.9. The molecule has 4 rings (SSSR count). The number of hydrogen-bond donors (Lipinski definition) is 2. The molecule has 5 nitrogen and oxygen atoms in total. The molecule has 0 bridgehead atoms. The van der Waals surface area contributed by atoms with Crippen molar-refractivity contribution < 1.29 is 9.18 Å². The molecule has 0 saturated carbocycles. The van der Waals surface area contributed by atoms with E-state index in [0.717, 1.165) is 33.3 Å². The first-order valence-corrected chi connectivity index (χ1v) is 8.96. The van der Waals surface area contributed by atoms with Gasteiger partial charge in [0.1, 0.15) is 11.6 Å². The maximum Gasteiger partial charge on any atom is 0.153 e. The number of anilines is 1. The van der Waals surface area contributed by atoms with Crippen molar-refractivity contribution in [3.05, 3.63) is 77.2 Å². The quantitative estimate of drug-likeness (QED) is 0.553. The standard InChI is InChI=1S/C22H19FN4O/c1-13-5-7-18(23)15(9-13)11-16(28)10-14-6-8-19(25-12-14)17-3-2-4-20-21(17)22(24)27-26-20/h2-9,12H,10-11H2,1H3,(H3,24,26,27). The Kier molecular flexibility index (Phi) is 4.61. The SMILES string of the molecule is Cc1ccc(F)c(CC(=O)Cc2ccc(-c3cccc4[nH]nc(N)c34)nc2)c1. The first-order chi connectivity index (χ1) is 13.5. The zero-order valence-electron chi connectivity index (χ0n) is 15.4. The monoisotopic (exact) mass is 374 g/mol. The number of halogens is 1. The van der Waals surface area contributed by atoms with E-state index in [-0.39, 0.29) is 24.4 Å². The van der Waals surface area contributed by atoms with Crippen molar-refractivity contribution in [1.82, 2.24) is 15.2 Å². The minimum Gasteiger partial charge on any atom is -0.382 e. The Hall–Kier alpha value is -3.54. The molecule has 0 amide bonds. The summed E-state index contributed by atoms with van der Waals surface area (Å²) in [5.74, 6) is 0.0188. The molecular weight excluding hydrogens is 355 g/mol. The van der Waals surface area contributed by atoms with Gasteiger partial charge in [-0.15, -0.1) is 0 Å². The lowest BCUT2D eigenvalue weighted by molar-refractivity contribution is -0.117. The molecule has 4 aromatic rings. The first-order valence-electron chi connectivity index (χ1n) is 8.96. The van der Waals surface area contributed by atoms with Crippen LogP contribution in [-0.4, -0.2) is 21.0 Å². The van der Waals surface area contributed by atoms with Crippen LogP contribution in [0.15, 0.2) is 54.7 Å². The number of aryl methyl sites for hydroxylation is 1. The van der Waals surface area contributed by atoms with Crippen molar-refractivity contribution in [1.29, 1.82) is 0 Å². The number of carbonyl (C=O) groups is 1. The number of nitrogens with zero attached hydrogens (tertiary/aromatic N) is 2. The predicted molar refractivity (Wildman–Crippen MR) is 107 cm³/mol. The van der Waals surface area contributed by atoms with Gasteiger partial charge in [-0.2, -0.15) is 5.10 Å². The van der Waals surface area contributed by atoms with Crippen LogP contribution in [0, 0.1) is 12.7 Å². The van der Waals surface area contributed by atoms with Crippen LogP contribution in [0.5, 0.6) is 0 Å². The van der Waals surface area contributed by atoms with Crippen molar-refractivity contribution in [2.75, 3.05) is 5.73 Å². The molecule has 2 aromatic carbocycles. The highest BCUT2D eigenvalue weighted by molar-refractivity contribution is 6.00. The number of pyridine rings is 1. The molecule has 0 aliphatic rings. The first kappa shape index (κ1) is 17.9. The number of nitrogens with one attached hydrogen (secondary N) is 1. The number of aromatic amines is 1. The molecule has 0 aliphatic heterocycles. The molecule has 0 fully saturated rings.